The van der Waals surface area contributed by atoms with Crippen molar-refractivity contribution in [2.45, 2.75) is 63.3 Å². The van der Waals surface area contributed by atoms with Gasteiger partial charge in [-0.1, -0.05) is 6.58 Å². The van der Waals surface area contributed by atoms with E-state index in [1.165, 1.54) is 6.08 Å². The molecular weight excluding hydrogens is 414 g/mol. The highest BCUT2D eigenvalue weighted by molar-refractivity contribution is 5.87. The van der Waals surface area contributed by atoms with Crippen molar-refractivity contribution < 1.29 is 9.59 Å². The van der Waals surface area contributed by atoms with Crippen LogP contribution in [0.3, 0.4) is 0 Å². The lowest BCUT2D eigenvalue weighted by molar-refractivity contribution is -0.135. The molecule has 2 saturated carbocycles. The van der Waals surface area contributed by atoms with E-state index in [1.807, 2.05) is 9.80 Å². The van der Waals surface area contributed by atoms with E-state index in [1.54, 1.807) is 0 Å². The van der Waals surface area contributed by atoms with Crippen LogP contribution in [-0.4, -0.2) is 65.4 Å². The highest BCUT2D eigenvalue weighted by atomic mass is 16.2. The molecule has 0 aromatic carbocycles. The molecule has 174 valence electrons. The van der Waals surface area contributed by atoms with Crippen molar-refractivity contribution in [3.63, 3.8) is 0 Å². The van der Waals surface area contributed by atoms with Gasteiger partial charge in [-0.05, 0) is 63.2 Å². The molecule has 2 amide bonds. The number of piperazine rings is 1. The molecule has 1 aromatic rings. The maximum Gasteiger partial charge on any atom is 0.245 e. The summed E-state index contributed by atoms with van der Waals surface area (Å²) in [7, 11) is 0. The summed E-state index contributed by atoms with van der Waals surface area (Å²) in [5.74, 6) is 1.93. The van der Waals surface area contributed by atoms with E-state index in [0.29, 0.717) is 43.6 Å². The van der Waals surface area contributed by atoms with E-state index >= 15 is 0 Å². The summed E-state index contributed by atoms with van der Waals surface area (Å²) < 4.78 is 0. The van der Waals surface area contributed by atoms with Gasteiger partial charge in [0.05, 0.1) is 5.56 Å². The molecule has 4 aliphatic rings. The van der Waals surface area contributed by atoms with Gasteiger partial charge in [-0.2, -0.15) is 5.26 Å². The molecule has 7 nitrogen and oxygen atoms in total. The van der Waals surface area contributed by atoms with Crippen LogP contribution in [0, 0.1) is 17.2 Å². The first kappa shape index (κ1) is 21.9. The molecule has 7 heteroatoms. The number of amides is 2. The van der Waals surface area contributed by atoms with Crippen molar-refractivity contribution in [3.8, 4) is 6.07 Å². The van der Waals surface area contributed by atoms with Crippen molar-refractivity contribution >= 4 is 17.6 Å². The molecular formula is C26H33N5O2. The highest BCUT2D eigenvalue weighted by Gasteiger charge is 2.39. The van der Waals surface area contributed by atoms with Gasteiger partial charge in [-0.15, -0.1) is 0 Å². The number of anilines is 1. The zero-order chi connectivity index (χ0) is 23.1. The van der Waals surface area contributed by atoms with E-state index in [-0.39, 0.29) is 23.8 Å². The second-order valence-corrected chi connectivity index (χ2v) is 10.1. The number of pyridine rings is 1. The second kappa shape index (κ2) is 8.81. The fourth-order valence-electron chi connectivity index (χ4n) is 5.47. The highest BCUT2D eigenvalue weighted by Crippen LogP contribution is 2.45. The van der Waals surface area contributed by atoms with Crippen LogP contribution in [0.5, 0.6) is 0 Å². The average molecular weight is 448 g/mol. The number of nitriles is 1. The third-order valence-electron chi connectivity index (χ3n) is 7.63. The van der Waals surface area contributed by atoms with Crippen molar-refractivity contribution in [1.29, 1.82) is 5.26 Å². The number of aromatic nitrogens is 1. The van der Waals surface area contributed by atoms with Gasteiger partial charge < -0.3 is 14.7 Å². The van der Waals surface area contributed by atoms with E-state index in [0.717, 1.165) is 62.1 Å². The third-order valence-corrected chi connectivity index (χ3v) is 7.63. The van der Waals surface area contributed by atoms with Crippen molar-refractivity contribution in [1.82, 2.24) is 14.8 Å². The quantitative estimate of drug-likeness (QED) is 0.648. The minimum atomic E-state index is -0.0228. The fraction of sp³-hybridized carbons (Fsp3) is 0.615. The Balaban J connectivity index is 1.41. The van der Waals surface area contributed by atoms with E-state index in [9.17, 15) is 14.9 Å². The molecule has 2 atom stereocenters. The van der Waals surface area contributed by atoms with Crippen LogP contribution in [0.2, 0.25) is 0 Å². The van der Waals surface area contributed by atoms with Gasteiger partial charge in [0.1, 0.15) is 11.9 Å². The Labute approximate surface area is 196 Å². The Hall–Kier alpha value is -2.88. The van der Waals surface area contributed by atoms with Gasteiger partial charge in [-0.3, -0.25) is 9.59 Å². The van der Waals surface area contributed by atoms with Crippen LogP contribution >= 0.6 is 0 Å². The van der Waals surface area contributed by atoms with Crippen molar-refractivity contribution in [3.05, 3.63) is 35.5 Å². The lowest BCUT2D eigenvalue weighted by Crippen LogP contribution is -2.55. The smallest absolute Gasteiger partial charge is 0.245 e. The summed E-state index contributed by atoms with van der Waals surface area (Å²) in [6.45, 7) is 9.26. The van der Waals surface area contributed by atoms with Crippen molar-refractivity contribution in [2.24, 2.45) is 5.92 Å². The lowest BCUT2D eigenvalue weighted by Gasteiger charge is -2.41. The Morgan fingerprint density at radius 1 is 1.12 bits per heavy atom. The van der Waals surface area contributed by atoms with Crippen molar-refractivity contribution in [2.75, 3.05) is 37.6 Å². The van der Waals surface area contributed by atoms with Crippen LogP contribution in [0.1, 0.15) is 74.1 Å². The Kier molecular flexibility index (Phi) is 5.86. The zero-order valence-electron chi connectivity index (χ0n) is 19.5. The summed E-state index contributed by atoms with van der Waals surface area (Å²) in [6, 6.07) is 4.56. The normalized spacial score (nSPS) is 25.5. The van der Waals surface area contributed by atoms with E-state index in [4.69, 9.17) is 4.98 Å². The van der Waals surface area contributed by atoms with Gasteiger partial charge in [0.25, 0.3) is 0 Å². The monoisotopic (exact) mass is 447 g/mol. The summed E-state index contributed by atoms with van der Waals surface area (Å²) >= 11 is 0. The van der Waals surface area contributed by atoms with Crippen LogP contribution in [0.4, 0.5) is 5.82 Å². The molecule has 0 bridgehead atoms. The second-order valence-electron chi connectivity index (χ2n) is 10.1. The SMILES string of the molecule is C=CC(=O)N1CCCC(c2cc(C#N)c(N3CCN(C(=O)C4CC4)C(C)C3)nc2C2CC2)C1. The number of carbonyl (C=O) groups is 2. The molecule has 33 heavy (non-hydrogen) atoms. The number of likely N-dealkylation sites (tertiary alicyclic amines) is 1. The van der Waals surface area contributed by atoms with Crippen LogP contribution in [0.25, 0.3) is 0 Å². The van der Waals surface area contributed by atoms with Gasteiger partial charge in [0, 0.05) is 62.2 Å². The first-order valence-electron chi connectivity index (χ1n) is 12.4. The molecule has 5 rings (SSSR count). The fourth-order valence-corrected chi connectivity index (χ4v) is 5.47. The van der Waals surface area contributed by atoms with Crippen LogP contribution < -0.4 is 4.90 Å². The summed E-state index contributed by atoms with van der Waals surface area (Å²) in [5, 5.41) is 10.0. The molecule has 2 aliphatic heterocycles. The molecule has 4 fully saturated rings. The number of nitrogens with zero attached hydrogens (tertiary/aromatic N) is 5. The predicted molar refractivity (Wildman–Crippen MR) is 126 cm³/mol. The molecule has 1 aromatic heterocycles. The average Bonchev–Trinajstić information content (AvgIpc) is 3.75. The van der Waals surface area contributed by atoms with Gasteiger partial charge >= 0.3 is 0 Å². The maximum absolute atomic E-state index is 12.6. The largest absolute Gasteiger partial charge is 0.352 e. The van der Waals surface area contributed by atoms with Crippen LogP contribution in [0.15, 0.2) is 18.7 Å². The Morgan fingerprint density at radius 2 is 1.91 bits per heavy atom. The minimum absolute atomic E-state index is 0.0228. The van der Waals surface area contributed by atoms with Crippen LogP contribution in [-0.2, 0) is 9.59 Å². The third kappa shape index (κ3) is 4.36. The van der Waals surface area contributed by atoms with Gasteiger partial charge in [0.2, 0.25) is 11.8 Å². The number of carbonyl (C=O) groups excluding carboxylic acids is 2. The van der Waals surface area contributed by atoms with Gasteiger partial charge in [-0.25, -0.2) is 4.98 Å². The zero-order valence-corrected chi connectivity index (χ0v) is 19.5. The number of hydrogen-bond donors (Lipinski definition) is 0. The molecule has 2 aliphatic carbocycles. The van der Waals surface area contributed by atoms with Gasteiger partial charge in [0.15, 0.2) is 0 Å². The summed E-state index contributed by atoms with van der Waals surface area (Å²) in [6.07, 6.45) is 7.66. The predicted octanol–water partition coefficient (Wildman–Crippen LogP) is 3.17. The lowest BCUT2D eigenvalue weighted by atomic mass is 9.87. The molecule has 3 heterocycles. The first-order chi connectivity index (χ1) is 16.0. The molecule has 0 radical (unpaired) electrons. The molecule has 2 saturated heterocycles. The maximum atomic E-state index is 12.6. The summed E-state index contributed by atoms with van der Waals surface area (Å²) in [4.78, 5) is 36.0. The Morgan fingerprint density at radius 3 is 2.55 bits per heavy atom. The standard InChI is InChI=1S/C26H33N5O2/c1-3-23(32)29-10-4-5-20(16-29)22-13-21(14-27)25(28-24(22)18-6-7-18)30-11-12-31(17(2)15-30)26(33)19-8-9-19/h3,13,17-20H,1,4-12,15-16H2,2H3. The number of hydrogen-bond acceptors (Lipinski definition) is 5. The van der Waals surface area contributed by atoms with E-state index < -0.39 is 0 Å². The van der Waals surface area contributed by atoms with E-state index in [2.05, 4.69) is 30.5 Å². The molecule has 0 N–H and O–H groups in total. The Bertz CT molecular complexity index is 1010. The first-order valence-corrected chi connectivity index (χ1v) is 12.4. The topological polar surface area (TPSA) is 80.5 Å². The summed E-state index contributed by atoms with van der Waals surface area (Å²) in [5.41, 5.74) is 2.87. The molecule has 2 unspecified atom stereocenters. The minimum Gasteiger partial charge on any atom is -0.352 e. The molecule has 0 spiro atoms. The number of rotatable bonds is 5. The number of piperidine rings is 1.